The first-order valence-corrected chi connectivity index (χ1v) is 8.31. The van der Waals surface area contributed by atoms with Crippen molar-refractivity contribution in [3.05, 3.63) is 34.8 Å². The summed E-state index contributed by atoms with van der Waals surface area (Å²) in [4.78, 5) is 26.0. The van der Waals surface area contributed by atoms with Gasteiger partial charge in [-0.25, -0.2) is 4.79 Å². The van der Waals surface area contributed by atoms with Crippen molar-refractivity contribution in [2.75, 3.05) is 26.2 Å². The number of amides is 1. The van der Waals surface area contributed by atoms with Crippen LogP contribution in [0.25, 0.3) is 11.1 Å². The molecule has 6 nitrogen and oxygen atoms in total. The number of carbonyl (C=O) groups is 1. The fourth-order valence-corrected chi connectivity index (χ4v) is 3.07. The van der Waals surface area contributed by atoms with Crippen molar-refractivity contribution in [1.29, 1.82) is 0 Å². The predicted octanol–water partition coefficient (Wildman–Crippen LogP) is 1.59. The number of rotatable bonds is 7. The fraction of sp³-hybridized carbons (Fsp3) is 0.529. The lowest BCUT2D eigenvalue weighted by Crippen LogP contribution is -2.33. The number of nitrogens with one attached hydrogen (secondary N) is 1. The molecule has 0 bridgehead atoms. The van der Waals surface area contributed by atoms with Gasteiger partial charge in [0.15, 0.2) is 5.58 Å². The molecule has 124 valence electrons. The van der Waals surface area contributed by atoms with Crippen LogP contribution < -0.4 is 11.1 Å². The van der Waals surface area contributed by atoms with Gasteiger partial charge < -0.3 is 14.6 Å². The van der Waals surface area contributed by atoms with Crippen molar-refractivity contribution >= 4 is 17.0 Å². The lowest BCUT2D eigenvalue weighted by atomic mass is 10.2. The minimum atomic E-state index is -0.361. The number of para-hydroxylation sites is 2. The summed E-state index contributed by atoms with van der Waals surface area (Å²) in [7, 11) is 0. The maximum Gasteiger partial charge on any atom is 0.419 e. The van der Waals surface area contributed by atoms with Gasteiger partial charge in [-0.2, -0.15) is 0 Å². The van der Waals surface area contributed by atoms with Gasteiger partial charge in [-0.05, 0) is 44.5 Å². The van der Waals surface area contributed by atoms with E-state index in [0.717, 1.165) is 25.2 Å². The second-order valence-corrected chi connectivity index (χ2v) is 5.99. The molecule has 3 rings (SSSR count). The molecule has 0 aliphatic carbocycles. The number of benzene rings is 1. The van der Waals surface area contributed by atoms with Crippen LogP contribution in [-0.4, -0.2) is 41.6 Å². The van der Waals surface area contributed by atoms with Gasteiger partial charge in [-0.3, -0.25) is 9.36 Å². The molecular formula is C17H23N3O3. The van der Waals surface area contributed by atoms with Crippen molar-refractivity contribution < 1.29 is 9.21 Å². The quantitative estimate of drug-likeness (QED) is 0.842. The van der Waals surface area contributed by atoms with Crippen LogP contribution >= 0.6 is 0 Å². The van der Waals surface area contributed by atoms with Crippen LogP contribution in [-0.2, 0) is 11.3 Å². The highest BCUT2D eigenvalue weighted by molar-refractivity contribution is 5.76. The number of carbonyl (C=O) groups excluding carboxylic acids is 1. The largest absolute Gasteiger partial charge is 0.419 e. The number of aryl methyl sites for hydroxylation is 1. The van der Waals surface area contributed by atoms with E-state index in [2.05, 4.69) is 10.2 Å². The van der Waals surface area contributed by atoms with Crippen LogP contribution in [0.1, 0.15) is 25.7 Å². The Morgan fingerprint density at radius 3 is 2.78 bits per heavy atom. The van der Waals surface area contributed by atoms with Crippen molar-refractivity contribution in [2.24, 2.45) is 0 Å². The van der Waals surface area contributed by atoms with Crippen LogP contribution in [0.4, 0.5) is 0 Å². The van der Waals surface area contributed by atoms with Crippen LogP contribution in [0.15, 0.2) is 33.5 Å². The summed E-state index contributed by atoms with van der Waals surface area (Å²) in [6, 6.07) is 7.34. The third kappa shape index (κ3) is 4.01. The van der Waals surface area contributed by atoms with E-state index in [-0.39, 0.29) is 11.7 Å². The number of likely N-dealkylation sites (tertiary alicyclic amines) is 1. The van der Waals surface area contributed by atoms with Gasteiger partial charge in [0, 0.05) is 26.1 Å². The van der Waals surface area contributed by atoms with Gasteiger partial charge in [0.25, 0.3) is 0 Å². The first kappa shape index (κ1) is 15.8. The highest BCUT2D eigenvalue weighted by atomic mass is 16.4. The summed E-state index contributed by atoms with van der Waals surface area (Å²) < 4.78 is 6.77. The second-order valence-electron chi connectivity index (χ2n) is 5.99. The molecule has 1 aliphatic heterocycles. The normalized spacial score (nSPS) is 15.3. The van der Waals surface area contributed by atoms with E-state index in [1.54, 1.807) is 10.6 Å². The van der Waals surface area contributed by atoms with Gasteiger partial charge in [0.1, 0.15) is 0 Å². The van der Waals surface area contributed by atoms with E-state index >= 15 is 0 Å². The Balaban J connectivity index is 1.42. The Hall–Kier alpha value is -2.08. The summed E-state index contributed by atoms with van der Waals surface area (Å²) in [5, 5.41) is 2.95. The van der Waals surface area contributed by atoms with E-state index in [1.165, 1.54) is 12.8 Å². The number of fused-ring (bicyclic) bond motifs is 1. The fourth-order valence-electron chi connectivity index (χ4n) is 3.07. The van der Waals surface area contributed by atoms with Crippen molar-refractivity contribution in [1.82, 2.24) is 14.8 Å². The zero-order valence-electron chi connectivity index (χ0n) is 13.3. The van der Waals surface area contributed by atoms with Gasteiger partial charge in [0.05, 0.1) is 5.52 Å². The van der Waals surface area contributed by atoms with Gasteiger partial charge in [-0.1, -0.05) is 12.1 Å². The van der Waals surface area contributed by atoms with Crippen LogP contribution in [0.3, 0.4) is 0 Å². The third-order valence-electron chi connectivity index (χ3n) is 4.31. The predicted molar refractivity (Wildman–Crippen MR) is 88.4 cm³/mol. The molecule has 1 aromatic carbocycles. The Morgan fingerprint density at radius 1 is 1.17 bits per heavy atom. The Morgan fingerprint density at radius 2 is 1.96 bits per heavy atom. The average molecular weight is 317 g/mol. The molecule has 1 aliphatic rings. The molecule has 1 amide bonds. The van der Waals surface area contributed by atoms with E-state index in [9.17, 15) is 9.59 Å². The zero-order valence-corrected chi connectivity index (χ0v) is 13.3. The maximum atomic E-state index is 11.9. The molecule has 2 heterocycles. The summed E-state index contributed by atoms with van der Waals surface area (Å²) in [6.07, 6.45) is 3.58. The molecule has 1 saturated heterocycles. The topological polar surface area (TPSA) is 67.5 Å². The van der Waals surface area contributed by atoms with E-state index in [1.807, 2.05) is 18.2 Å². The second kappa shape index (κ2) is 7.46. The molecule has 1 N–H and O–H groups in total. The standard InChI is InChI=1S/C17H23N3O3/c21-16(18-9-13-19-10-3-4-11-19)8-5-12-20-14-6-1-2-7-15(14)23-17(20)22/h1-2,6-7H,3-5,8-13H2,(H,18,21). The Kier molecular flexibility index (Phi) is 5.12. The molecule has 0 unspecified atom stereocenters. The molecule has 1 fully saturated rings. The number of hydrogen-bond acceptors (Lipinski definition) is 4. The SMILES string of the molecule is O=C(CCCn1c(=O)oc2ccccc21)NCCN1CCCC1. The van der Waals surface area contributed by atoms with Crippen LogP contribution in [0, 0.1) is 0 Å². The number of oxazole rings is 1. The number of nitrogens with zero attached hydrogens (tertiary/aromatic N) is 2. The molecule has 0 saturated carbocycles. The smallest absolute Gasteiger partial charge is 0.408 e. The average Bonchev–Trinajstić information content (AvgIpc) is 3.16. The summed E-state index contributed by atoms with van der Waals surface area (Å²) in [5.41, 5.74) is 1.37. The number of aromatic nitrogens is 1. The molecular weight excluding hydrogens is 294 g/mol. The monoisotopic (exact) mass is 317 g/mol. The summed E-state index contributed by atoms with van der Waals surface area (Å²) >= 11 is 0. The Bertz CT molecular complexity index is 713. The van der Waals surface area contributed by atoms with Crippen molar-refractivity contribution in [3.63, 3.8) is 0 Å². The molecule has 0 atom stereocenters. The van der Waals surface area contributed by atoms with Crippen LogP contribution in [0.5, 0.6) is 0 Å². The van der Waals surface area contributed by atoms with Crippen molar-refractivity contribution in [3.8, 4) is 0 Å². The number of hydrogen-bond donors (Lipinski definition) is 1. The lowest BCUT2D eigenvalue weighted by molar-refractivity contribution is -0.121. The van der Waals surface area contributed by atoms with E-state index in [0.29, 0.717) is 31.5 Å². The maximum absolute atomic E-state index is 11.9. The zero-order chi connectivity index (χ0) is 16.1. The van der Waals surface area contributed by atoms with Crippen LogP contribution in [0.2, 0.25) is 0 Å². The van der Waals surface area contributed by atoms with E-state index in [4.69, 9.17) is 4.42 Å². The third-order valence-corrected chi connectivity index (χ3v) is 4.31. The molecule has 23 heavy (non-hydrogen) atoms. The molecule has 0 spiro atoms. The first-order chi connectivity index (χ1) is 11.2. The molecule has 2 aromatic rings. The van der Waals surface area contributed by atoms with E-state index < -0.39 is 0 Å². The molecule has 6 heteroatoms. The van der Waals surface area contributed by atoms with Gasteiger partial charge in [0.2, 0.25) is 5.91 Å². The van der Waals surface area contributed by atoms with Gasteiger partial charge >= 0.3 is 5.76 Å². The molecule has 0 radical (unpaired) electrons. The Labute approximate surface area is 135 Å². The molecule has 1 aromatic heterocycles. The minimum absolute atomic E-state index is 0.0463. The first-order valence-electron chi connectivity index (χ1n) is 8.31. The summed E-state index contributed by atoms with van der Waals surface area (Å²) in [6.45, 7) is 4.42. The highest BCUT2D eigenvalue weighted by Gasteiger charge is 2.12. The minimum Gasteiger partial charge on any atom is -0.408 e. The summed E-state index contributed by atoms with van der Waals surface area (Å²) in [5.74, 6) is -0.314. The van der Waals surface area contributed by atoms with Crippen molar-refractivity contribution in [2.45, 2.75) is 32.2 Å². The lowest BCUT2D eigenvalue weighted by Gasteiger charge is -2.14. The highest BCUT2D eigenvalue weighted by Crippen LogP contribution is 2.12. The van der Waals surface area contributed by atoms with Gasteiger partial charge in [-0.15, -0.1) is 0 Å².